The lowest BCUT2D eigenvalue weighted by molar-refractivity contribution is -0.141. The standard InChI is InChI=1S/C33H38ClN3O6/c1-5-17-35(22-11-13-23(14-12-22)42-7-3)30(39)26-25-15-16-33(43-25)27(26)31(40)37(19-20-38)29(33)32(41)36(18-6-2)28-21(4)9-8-10-24(28)34/h5-6,8-14,25-27,29,38H,1-2,7,15-20H2,3-4H3/t25-,26+,27+,29?,33?/m1/s1. The molecule has 3 aliphatic heterocycles. The van der Waals surface area contributed by atoms with Crippen LogP contribution in [0.25, 0.3) is 0 Å². The van der Waals surface area contributed by atoms with Crippen LogP contribution in [0.15, 0.2) is 67.8 Å². The Hall–Kier alpha value is -3.66. The van der Waals surface area contributed by atoms with E-state index in [0.717, 1.165) is 5.56 Å². The summed E-state index contributed by atoms with van der Waals surface area (Å²) >= 11 is 6.59. The molecule has 2 aromatic rings. The van der Waals surface area contributed by atoms with Gasteiger partial charge in [-0.15, -0.1) is 13.2 Å². The molecule has 3 heterocycles. The van der Waals surface area contributed by atoms with Gasteiger partial charge in [0.05, 0.1) is 41.9 Å². The summed E-state index contributed by atoms with van der Waals surface area (Å²) in [6.07, 6.45) is 3.67. The number of anilines is 2. The van der Waals surface area contributed by atoms with Crippen molar-refractivity contribution in [3.05, 3.63) is 78.4 Å². The van der Waals surface area contributed by atoms with E-state index in [4.69, 9.17) is 21.1 Å². The molecule has 1 spiro atoms. The van der Waals surface area contributed by atoms with E-state index in [1.54, 1.807) is 53.5 Å². The second-order valence-corrected chi connectivity index (χ2v) is 11.5. The van der Waals surface area contributed by atoms with Crippen molar-refractivity contribution < 1.29 is 29.0 Å². The average molecular weight is 608 g/mol. The summed E-state index contributed by atoms with van der Waals surface area (Å²) in [5.41, 5.74) is 0.733. The number of benzene rings is 2. The van der Waals surface area contributed by atoms with Crippen molar-refractivity contribution >= 4 is 40.7 Å². The number of likely N-dealkylation sites (tertiary alicyclic amines) is 1. The molecule has 43 heavy (non-hydrogen) atoms. The summed E-state index contributed by atoms with van der Waals surface area (Å²) in [5, 5.41) is 10.4. The van der Waals surface area contributed by atoms with Crippen molar-refractivity contribution in [1.82, 2.24) is 4.90 Å². The number of nitrogens with zero attached hydrogens (tertiary/aromatic N) is 3. The molecule has 228 valence electrons. The van der Waals surface area contributed by atoms with Gasteiger partial charge in [0.25, 0.3) is 5.91 Å². The Morgan fingerprint density at radius 3 is 2.47 bits per heavy atom. The summed E-state index contributed by atoms with van der Waals surface area (Å²) in [4.78, 5) is 47.6. The SMILES string of the molecule is C=CCN(C(=O)[C@@H]1[C@H]2C(=O)N(CCO)C(C(=O)N(CC=C)c3c(C)cccc3Cl)C23CC[C@H]1O3)c1ccc(OCC)cc1. The van der Waals surface area contributed by atoms with Crippen molar-refractivity contribution in [1.29, 1.82) is 0 Å². The predicted molar refractivity (Wildman–Crippen MR) is 165 cm³/mol. The summed E-state index contributed by atoms with van der Waals surface area (Å²) in [6.45, 7) is 11.9. The lowest BCUT2D eigenvalue weighted by Crippen LogP contribution is -2.57. The third kappa shape index (κ3) is 5.13. The lowest BCUT2D eigenvalue weighted by atomic mass is 9.70. The second-order valence-electron chi connectivity index (χ2n) is 11.1. The van der Waals surface area contributed by atoms with Gasteiger partial charge >= 0.3 is 0 Å². The normalized spacial score (nSPS) is 25.4. The topological polar surface area (TPSA) is 99.6 Å². The van der Waals surface area contributed by atoms with Gasteiger partial charge in [0.15, 0.2) is 0 Å². The maximum atomic E-state index is 14.6. The molecule has 3 aliphatic rings. The van der Waals surface area contributed by atoms with Crippen LogP contribution in [0.5, 0.6) is 5.75 Å². The molecule has 5 atom stereocenters. The maximum Gasteiger partial charge on any atom is 0.253 e. The fourth-order valence-corrected chi connectivity index (χ4v) is 7.44. The number of aliphatic hydroxyl groups is 1. The first-order valence-corrected chi connectivity index (χ1v) is 15.0. The second kappa shape index (κ2) is 12.5. The number of amides is 3. The van der Waals surface area contributed by atoms with E-state index in [-0.39, 0.29) is 44.0 Å². The molecule has 0 aromatic heterocycles. The maximum absolute atomic E-state index is 14.6. The van der Waals surface area contributed by atoms with Gasteiger partial charge in [0, 0.05) is 25.3 Å². The number of ether oxygens (including phenoxy) is 2. The molecule has 10 heteroatoms. The van der Waals surface area contributed by atoms with Crippen LogP contribution in [0.3, 0.4) is 0 Å². The third-order valence-corrected chi connectivity index (χ3v) is 9.04. The highest BCUT2D eigenvalue weighted by Crippen LogP contribution is 2.59. The number of carbonyl (C=O) groups is 3. The zero-order chi connectivity index (χ0) is 30.9. The number of fused-ring (bicyclic) bond motifs is 1. The molecule has 9 nitrogen and oxygen atoms in total. The molecule has 3 amide bonds. The minimum Gasteiger partial charge on any atom is -0.494 e. The van der Waals surface area contributed by atoms with Gasteiger partial charge in [-0.2, -0.15) is 0 Å². The average Bonchev–Trinajstić information content (AvgIpc) is 3.63. The fraction of sp³-hybridized carbons (Fsp3) is 0.424. The molecule has 3 saturated heterocycles. The van der Waals surface area contributed by atoms with Crippen LogP contribution >= 0.6 is 11.6 Å². The molecular formula is C33H38ClN3O6. The molecule has 0 saturated carbocycles. The quantitative estimate of drug-likeness (QED) is 0.364. The fourth-order valence-electron chi connectivity index (χ4n) is 7.12. The van der Waals surface area contributed by atoms with Gasteiger partial charge in [-0.3, -0.25) is 14.4 Å². The smallest absolute Gasteiger partial charge is 0.253 e. The van der Waals surface area contributed by atoms with E-state index in [1.165, 1.54) is 9.80 Å². The summed E-state index contributed by atoms with van der Waals surface area (Å²) in [7, 11) is 0. The molecule has 5 rings (SSSR count). The Kier molecular flexibility index (Phi) is 8.96. The van der Waals surface area contributed by atoms with Gasteiger partial charge < -0.3 is 29.3 Å². The van der Waals surface area contributed by atoms with E-state index in [0.29, 0.717) is 41.6 Å². The molecule has 1 N–H and O–H groups in total. The van der Waals surface area contributed by atoms with Gasteiger partial charge in [0.2, 0.25) is 11.8 Å². The minimum absolute atomic E-state index is 0.0683. The minimum atomic E-state index is -1.22. The van der Waals surface area contributed by atoms with Crippen molar-refractivity contribution in [3.8, 4) is 5.75 Å². The van der Waals surface area contributed by atoms with E-state index in [2.05, 4.69) is 13.2 Å². The van der Waals surface area contributed by atoms with Crippen molar-refractivity contribution in [2.75, 3.05) is 42.6 Å². The first-order valence-electron chi connectivity index (χ1n) is 14.7. The predicted octanol–water partition coefficient (Wildman–Crippen LogP) is 4.15. The Bertz CT molecular complexity index is 1390. The summed E-state index contributed by atoms with van der Waals surface area (Å²) in [5.74, 6) is -2.02. The van der Waals surface area contributed by atoms with Crippen LogP contribution in [0.4, 0.5) is 11.4 Å². The molecule has 0 radical (unpaired) electrons. The van der Waals surface area contributed by atoms with E-state index in [9.17, 15) is 19.5 Å². The number of aliphatic hydroxyl groups excluding tert-OH is 1. The molecule has 2 bridgehead atoms. The number of halogens is 1. The number of β-amino-alcohol motifs (C(OH)–C–C–N with tert-alkyl or cyclic N) is 1. The number of para-hydroxylation sites is 1. The van der Waals surface area contributed by atoms with E-state index < -0.39 is 29.6 Å². The van der Waals surface area contributed by atoms with E-state index >= 15 is 0 Å². The highest BCUT2D eigenvalue weighted by Gasteiger charge is 2.75. The zero-order valence-electron chi connectivity index (χ0n) is 24.6. The van der Waals surface area contributed by atoms with Gasteiger partial charge in [-0.05, 0) is 62.6 Å². The monoisotopic (exact) mass is 607 g/mol. The third-order valence-electron chi connectivity index (χ3n) is 8.73. The van der Waals surface area contributed by atoms with Crippen LogP contribution in [0, 0.1) is 18.8 Å². The molecule has 2 aromatic carbocycles. The number of rotatable bonds is 12. The van der Waals surface area contributed by atoms with Crippen LogP contribution in [0.1, 0.15) is 25.3 Å². The number of hydrogen-bond acceptors (Lipinski definition) is 6. The number of hydrogen-bond donors (Lipinski definition) is 1. The van der Waals surface area contributed by atoms with Crippen LogP contribution in [-0.4, -0.2) is 78.3 Å². The summed E-state index contributed by atoms with van der Waals surface area (Å²) < 4.78 is 12.2. The van der Waals surface area contributed by atoms with Crippen LogP contribution < -0.4 is 14.5 Å². The summed E-state index contributed by atoms with van der Waals surface area (Å²) in [6, 6.07) is 11.5. The molecule has 3 fully saturated rings. The number of carbonyl (C=O) groups excluding carboxylic acids is 3. The van der Waals surface area contributed by atoms with Gasteiger partial charge in [-0.25, -0.2) is 0 Å². The molecule has 0 aliphatic carbocycles. The Morgan fingerprint density at radius 1 is 1.14 bits per heavy atom. The van der Waals surface area contributed by atoms with Crippen molar-refractivity contribution in [2.45, 2.75) is 44.4 Å². The first-order chi connectivity index (χ1) is 20.7. The molecule has 2 unspecified atom stereocenters. The zero-order valence-corrected chi connectivity index (χ0v) is 25.3. The Labute approximate surface area is 257 Å². The van der Waals surface area contributed by atoms with Gasteiger partial charge in [-0.1, -0.05) is 35.9 Å². The van der Waals surface area contributed by atoms with Gasteiger partial charge in [0.1, 0.15) is 17.4 Å². The van der Waals surface area contributed by atoms with Crippen molar-refractivity contribution in [2.24, 2.45) is 11.8 Å². The van der Waals surface area contributed by atoms with E-state index in [1.807, 2.05) is 19.9 Å². The molecular weight excluding hydrogens is 570 g/mol. The van der Waals surface area contributed by atoms with Crippen LogP contribution in [0.2, 0.25) is 5.02 Å². The van der Waals surface area contributed by atoms with Crippen LogP contribution in [-0.2, 0) is 19.1 Å². The Morgan fingerprint density at radius 2 is 1.84 bits per heavy atom. The number of aryl methyl sites for hydroxylation is 1. The Balaban J connectivity index is 1.54. The highest BCUT2D eigenvalue weighted by molar-refractivity contribution is 6.34. The van der Waals surface area contributed by atoms with Crippen molar-refractivity contribution in [3.63, 3.8) is 0 Å². The first kappa shape index (κ1) is 30.8. The lowest BCUT2D eigenvalue weighted by Gasteiger charge is -2.37. The largest absolute Gasteiger partial charge is 0.494 e. The highest BCUT2D eigenvalue weighted by atomic mass is 35.5.